The minimum Gasteiger partial charge on any atom is -0.454 e. The average molecular weight is 624 g/mol. The van der Waals surface area contributed by atoms with Gasteiger partial charge in [-0.15, -0.1) is 0 Å². The van der Waals surface area contributed by atoms with Gasteiger partial charge in [-0.2, -0.15) is 0 Å². The van der Waals surface area contributed by atoms with E-state index in [4.69, 9.17) is 16.3 Å². The number of anilines is 1. The summed E-state index contributed by atoms with van der Waals surface area (Å²) in [7, 11) is 0. The van der Waals surface area contributed by atoms with E-state index in [-0.39, 0.29) is 46.4 Å². The van der Waals surface area contributed by atoms with Gasteiger partial charge >= 0.3 is 5.97 Å². The number of halogens is 1. The summed E-state index contributed by atoms with van der Waals surface area (Å²) in [5, 5.41) is 12.1. The van der Waals surface area contributed by atoms with Crippen LogP contribution in [-0.2, 0) is 14.3 Å². The fraction of sp³-hybridized carbons (Fsp3) is 0.206. The van der Waals surface area contributed by atoms with E-state index >= 15 is 0 Å². The molecule has 6 rings (SSSR count). The van der Waals surface area contributed by atoms with Gasteiger partial charge in [-0.25, -0.2) is 9.78 Å². The highest BCUT2D eigenvalue weighted by molar-refractivity contribution is 6.31. The van der Waals surface area contributed by atoms with Gasteiger partial charge in [0, 0.05) is 33.2 Å². The van der Waals surface area contributed by atoms with E-state index in [0.29, 0.717) is 44.9 Å². The van der Waals surface area contributed by atoms with Crippen LogP contribution in [0.4, 0.5) is 11.4 Å². The number of rotatable bonds is 7. The zero-order chi connectivity index (χ0) is 32.0. The van der Waals surface area contributed by atoms with Gasteiger partial charge in [0.05, 0.1) is 39.2 Å². The molecule has 4 aromatic rings. The minimum absolute atomic E-state index is 0.0244. The molecule has 0 bridgehead atoms. The lowest BCUT2D eigenvalue weighted by molar-refractivity contribution is -0.385. The number of imide groups is 1. The summed E-state index contributed by atoms with van der Waals surface area (Å²) in [6.45, 7) is 2.87. The molecule has 1 fully saturated rings. The number of benzene rings is 3. The van der Waals surface area contributed by atoms with Crippen LogP contribution in [-0.4, -0.2) is 40.1 Å². The van der Waals surface area contributed by atoms with Crippen molar-refractivity contribution in [3.8, 4) is 11.3 Å². The molecule has 2 aliphatic rings. The second-order valence-electron chi connectivity index (χ2n) is 11.2. The van der Waals surface area contributed by atoms with Crippen LogP contribution in [0.2, 0.25) is 5.02 Å². The quantitative estimate of drug-likeness (QED) is 0.0567. The molecule has 2 heterocycles. The van der Waals surface area contributed by atoms with Gasteiger partial charge in [-0.05, 0) is 55.7 Å². The largest absolute Gasteiger partial charge is 0.454 e. The van der Waals surface area contributed by atoms with E-state index in [2.05, 4.69) is 4.98 Å². The molecule has 3 unspecified atom stereocenters. The number of carbonyl (C=O) groups is 4. The molecule has 3 atom stereocenters. The number of nitro groups is 1. The molecule has 11 heteroatoms. The normalized spacial score (nSPS) is 19.1. The van der Waals surface area contributed by atoms with Crippen LogP contribution in [0.15, 0.2) is 78.9 Å². The summed E-state index contributed by atoms with van der Waals surface area (Å²) in [6, 6.07) is 17.2. The van der Waals surface area contributed by atoms with Gasteiger partial charge in [0.15, 0.2) is 6.61 Å². The Hall–Kier alpha value is -5.22. The highest BCUT2D eigenvalue weighted by Crippen LogP contribution is 2.41. The second kappa shape index (κ2) is 11.7. The lowest BCUT2D eigenvalue weighted by Gasteiger charge is -2.22. The van der Waals surface area contributed by atoms with Crippen LogP contribution >= 0.6 is 11.6 Å². The van der Waals surface area contributed by atoms with E-state index in [1.54, 1.807) is 49.4 Å². The number of nitrogens with zero attached hydrogens (tertiary/aromatic N) is 3. The van der Waals surface area contributed by atoms with Gasteiger partial charge in [0.1, 0.15) is 0 Å². The fourth-order valence-electron chi connectivity index (χ4n) is 5.97. The number of carbonyl (C=O) groups excluding carboxylic acids is 4. The van der Waals surface area contributed by atoms with Crippen molar-refractivity contribution in [2.24, 2.45) is 17.8 Å². The molecule has 226 valence electrons. The van der Waals surface area contributed by atoms with Gasteiger partial charge in [-0.1, -0.05) is 54.9 Å². The van der Waals surface area contributed by atoms with E-state index in [1.165, 1.54) is 23.1 Å². The predicted octanol–water partition coefficient (Wildman–Crippen LogP) is 6.51. The van der Waals surface area contributed by atoms with Gasteiger partial charge < -0.3 is 4.74 Å². The molecular formula is C34H26ClN3O7. The Labute approximate surface area is 262 Å². The van der Waals surface area contributed by atoms with Crippen molar-refractivity contribution in [1.29, 1.82) is 0 Å². The third-order valence-electron chi connectivity index (χ3n) is 8.35. The molecule has 45 heavy (non-hydrogen) atoms. The van der Waals surface area contributed by atoms with Crippen LogP contribution in [0.1, 0.15) is 39.6 Å². The molecule has 1 aliphatic heterocycles. The number of aromatic nitrogens is 1. The summed E-state index contributed by atoms with van der Waals surface area (Å²) in [5.74, 6) is -2.61. The Morgan fingerprint density at radius 1 is 1.04 bits per heavy atom. The average Bonchev–Trinajstić information content (AvgIpc) is 3.29. The minimum atomic E-state index is -0.809. The number of aryl methyl sites for hydroxylation is 1. The van der Waals surface area contributed by atoms with Crippen LogP contribution in [0.3, 0.4) is 0 Å². The number of Topliss-reactive ketones (excluding diaryl/α,β-unsaturated/α-hetero) is 1. The zero-order valence-corrected chi connectivity index (χ0v) is 25.0. The number of esters is 1. The third kappa shape index (κ3) is 5.49. The monoisotopic (exact) mass is 623 g/mol. The van der Waals surface area contributed by atoms with Gasteiger partial charge in [-0.3, -0.25) is 29.4 Å². The molecule has 10 nitrogen and oxygen atoms in total. The number of ether oxygens (including phenoxy) is 1. The van der Waals surface area contributed by atoms with Crippen molar-refractivity contribution >= 4 is 57.4 Å². The molecule has 0 N–H and O–H groups in total. The maximum absolute atomic E-state index is 13.3. The topological polar surface area (TPSA) is 137 Å². The maximum Gasteiger partial charge on any atom is 0.339 e. The van der Waals surface area contributed by atoms with E-state index in [1.807, 2.05) is 19.1 Å². The molecule has 0 radical (unpaired) electrons. The number of fused-ring (bicyclic) bond motifs is 2. The highest BCUT2D eigenvalue weighted by atomic mass is 35.5. The maximum atomic E-state index is 13.3. The number of nitro benzene ring substituents is 1. The van der Waals surface area contributed by atoms with Crippen LogP contribution in [0.5, 0.6) is 0 Å². The van der Waals surface area contributed by atoms with E-state index in [0.717, 1.165) is 6.07 Å². The van der Waals surface area contributed by atoms with Crippen molar-refractivity contribution in [3.05, 3.63) is 111 Å². The Bertz CT molecular complexity index is 1950. The summed E-state index contributed by atoms with van der Waals surface area (Å²) >= 11 is 6.22. The number of hydrogen-bond donors (Lipinski definition) is 0. The first-order valence-electron chi connectivity index (χ1n) is 14.2. The zero-order valence-electron chi connectivity index (χ0n) is 24.2. The Morgan fingerprint density at radius 3 is 2.51 bits per heavy atom. The summed E-state index contributed by atoms with van der Waals surface area (Å²) in [5.41, 5.74) is 2.27. The van der Waals surface area contributed by atoms with Crippen molar-refractivity contribution in [3.63, 3.8) is 0 Å². The first-order valence-corrected chi connectivity index (χ1v) is 14.6. The van der Waals surface area contributed by atoms with Crippen LogP contribution in [0, 0.1) is 34.8 Å². The number of ketones is 1. The number of pyridine rings is 1. The molecule has 2 amide bonds. The van der Waals surface area contributed by atoms with Crippen molar-refractivity contribution < 1.29 is 28.8 Å². The number of hydrogen-bond acceptors (Lipinski definition) is 8. The lowest BCUT2D eigenvalue weighted by atomic mass is 9.78. The molecule has 0 spiro atoms. The van der Waals surface area contributed by atoms with Crippen molar-refractivity contribution in [2.75, 3.05) is 11.5 Å². The van der Waals surface area contributed by atoms with E-state index < -0.39 is 23.3 Å². The Morgan fingerprint density at radius 2 is 1.80 bits per heavy atom. The standard InChI is InChI=1S/C34H26ClN3O7/c1-18-6-7-21(14-29(18)38(43)44)30(39)17-45-34(42)26-16-28(36-27-13-10-22(35)15-25(26)27)20-8-11-23(12-9-20)37-32(40)24-5-3-4-19(2)31(24)33(37)41/h3-4,6-16,19,24,31H,5,17H2,1-2H3. The summed E-state index contributed by atoms with van der Waals surface area (Å²) in [6.07, 6.45) is 4.47. The Balaban J connectivity index is 1.27. The first kappa shape index (κ1) is 29.8. The van der Waals surface area contributed by atoms with E-state index in [9.17, 15) is 29.3 Å². The smallest absolute Gasteiger partial charge is 0.339 e. The molecule has 3 aromatic carbocycles. The fourth-order valence-corrected chi connectivity index (χ4v) is 6.14. The second-order valence-corrected chi connectivity index (χ2v) is 11.6. The summed E-state index contributed by atoms with van der Waals surface area (Å²) in [4.78, 5) is 69.1. The van der Waals surface area contributed by atoms with Crippen molar-refractivity contribution in [2.45, 2.75) is 20.3 Å². The van der Waals surface area contributed by atoms with Gasteiger partial charge in [0.2, 0.25) is 17.6 Å². The molecule has 1 saturated heterocycles. The van der Waals surface area contributed by atoms with Crippen LogP contribution < -0.4 is 4.90 Å². The predicted molar refractivity (Wildman–Crippen MR) is 167 cm³/mol. The van der Waals surface area contributed by atoms with Crippen LogP contribution in [0.25, 0.3) is 22.2 Å². The number of allylic oxidation sites excluding steroid dienone is 2. The first-order chi connectivity index (χ1) is 21.5. The Kier molecular flexibility index (Phi) is 7.76. The number of amides is 2. The highest BCUT2D eigenvalue weighted by Gasteiger charge is 2.50. The molecule has 0 saturated carbocycles. The van der Waals surface area contributed by atoms with Gasteiger partial charge in [0.25, 0.3) is 5.69 Å². The van der Waals surface area contributed by atoms with Crippen molar-refractivity contribution in [1.82, 2.24) is 4.98 Å². The lowest BCUT2D eigenvalue weighted by Crippen LogP contribution is -2.31. The summed E-state index contributed by atoms with van der Waals surface area (Å²) < 4.78 is 5.36. The molecular weight excluding hydrogens is 598 g/mol. The molecule has 1 aromatic heterocycles. The molecule has 1 aliphatic carbocycles. The third-order valence-corrected chi connectivity index (χ3v) is 8.58. The SMILES string of the molecule is Cc1ccc(C(=O)COC(=O)c2cc(-c3ccc(N4C(=O)C5CC=CC(C)C5C4=O)cc3)nc3ccc(Cl)cc23)cc1[N+](=O)[O-].